The predicted octanol–water partition coefficient (Wildman–Crippen LogP) is 3.53. The molecule has 1 aromatic heterocycles. The van der Waals surface area contributed by atoms with Gasteiger partial charge in [-0.1, -0.05) is 28.1 Å². The fraction of sp³-hybridized carbons (Fsp3) is 0.278. The topological polar surface area (TPSA) is 47.6 Å². The molecule has 1 saturated heterocycles. The molecule has 0 radical (unpaired) electrons. The molecule has 1 aliphatic rings. The first-order valence-corrected chi connectivity index (χ1v) is 8.78. The number of ether oxygens (including phenoxy) is 1. The molecule has 0 amide bonds. The lowest BCUT2D eigenvalue weighted by Gasteiger charge is -2.33. The molecule has 0 bridgehead atoms. The van der Waals surface area contributed by atoms with Crippen LogP contribution in [0.4, 0.5) is 4.39 Å². The molecular formula is C18H16BrFN2O3. The minimum absolute atomic E-state index is 0.141. The van der Waals surface area contributed by atoms with E-state index in [1.165, 1.54) is 12.1 Å². The number of morpholine rings is 1. The van der Waals surface area contributed by atoms with Crippen molar-refractivity contribution in [2.24, 2.45) is 0 Å². The highest BCUT2D eigenvalue weighted by atomic mass is 79.9. The lowest BCUT2D eigenvalue weighted by atomic mass is 10.1. The van der Waals surface area contributed by atoms with E-state index in [0.717, 1.165) is 15.6 Å². The van der Waals surface area contributed by atoms with Crippen molar-refractivity contribution in [2.75, 3.05) is 19.7 Å². The number of hydrogen-bond acceptors (Lipinski definition) is 4. The monoisotopic (exact) mass is 406 g/mol. The molecular weight excluding hydrogens is 391 g/mol. The highest BCUT2D eigenvalue weighted by Gasteiger charge is 2.23. The second-order valence-electron chi connectivity index (χ2n) is 6.04. The van der Waals surface area contributed by atoms with Gasteiger partial charge in [0.15, 0.2) is 5.58 Å². The molecule has 1 atom stereocenters. The van der Waals surface area contributed by atoms with Crippen LogP contribution in [0.1, 0.15) is 11.7 Å². The van der Waals surface area contributed by atoms with Crippen LogP contribution in [0, 0.1) is 5.82 Å². The number of aromatic nitrogens is 1. The van der Waals surface area contributed by atoms with E-state index in [4.69, 9.17) is 9.15 Å². The maximum atomic E-state index is 13.1. The molecule has 5 nitrogen and oxygen atoms in total. The quantitative estimate of drug-likeness (QED) is 0.667. The summed E-state index contributed by atoms with van der Waals surface area (Å²) in [5, 5.41) is 0. The molecule has 0 N–H and O–H groups in total. The minimum atomic E-state index is -0.377. The number of rotatable bonds is 3. The van der Waals surface area contributed by atoms with E-state index in [0.29, 0.717) is 31.9 Å². The van der Waals surface area contributed by atoms with Crippen LogP contribution in [0.5, 0.6) is 0 Å². The Balaban J connectivity index is 1.56. The third-order valence-corrected chi connectivity index (χ3v) is 4.86. The summed E-state index contributed by atoms with van der Waals surface area (Å²) in [6, 6.07) is 11.9. The van der Waals surface area contributed by atoms with Gasteiger partial charge in [-0.25, -0.2) is 9.18 Å². The summed E-state index contributed by atoms with van der Waals surface area (Å²) in [7, 11) is 0. The van der Waals surface area contributed by atoms with Crippen molar-refractivity contribution in [2.45, 2.75) is 12.8 Å². The van der Waals surface area contributed by atoms with Crippen molar-refractivity contribution in [1.82, 2.24) is 9.47 Å². The molecule has 0 aliphatic carbocycles. The zero-order chi connectivity index (χ0) is 17.4. The largest absolute Gasteiger partial charge is 0.421 e. The van der Waals surface area contributed by atoms with Crippen LogP contribution in [0.15, 0.2) is 56.1 Å². The van der Waals surface area contributed by atoms with Gasteiger partial charge in [0.2, 0.25) is 0 Å². The van der Waals surface area contributed by atoms with Gasteiger partial charge in [-0.15, -0.1) is 0 Å². The number of benzene rings is 2. The molecule has 25 heavy (non-hydrogen) atoms. The van der Waals surface area contributed by atoms with Crippen LogP contribution in [-0.2, 0) is 11.4 Å². The maximum Gasteiger partial charge on any atom is 0.421 e. The van der Waals surface area contributed by atoms with E-state index in [1.54, 1.807) is 22.8 Å². The molecule has 0 spiro atoms. The summed E-state index contributed by atoms with van der Waals surface area (Å²) in [6.07, 6.45) is -0.141. The van der Waals surface area contributed by atoms with E-state index in [9.17, 15) is 9.18 Å². The summed E-state index contributed by atoms with van der Waals surface area (Å²) in [4.78, 5) is 14.3. The second-order valence-corrected chi connectivity index (χ2v) is 6.95. The Morgan fingerprint density at radius 2 is 2.00 bits per heavy atom. The van der Waals surface area contributed by atoms with Gasteiger partial charge in [0.25, 0.3) is 0 Å². The van der Waals surface area contributed by atoms with Gasteiger partial charge in [-0.2, -0.15) is 0 Å². The minimum Gasteiger partial charge on any atom is -0.408 e. The average Bonchev–Trinajstić information content (AvgIpc) is 2.90. The molecule has 2 heterocycles. The Bertz CT molecular complexity index is 951. The fourth-order valence-corrected chi connectivity index (χ4v) is 3.42. The van der Waals surface area contributed by atoms with Gasteiger partial charge >= 0.3 is 5.76 Å². The van der Waals surface area contributed by atoms with Crippen molar-refractivity contribution in [3.63, 3.8) is 0 Å². The highest BCUT2D eigenvalue weighted by Crippen LogP contribution is 2.24. The Kier molecular flexibility index (Phi) is 4.45. The second kappa shape index (κ2) is 6.74. The van der Waals surface area contributed by atoms with Gasteiger partial charge < -0.3 is 9.15 Å². The SMILES string of the molecule is O=c1oc2cc(Br)ccc2n1CN1CCOC(c2ccc(F)cc2)C1. The first-order chi connectivity index (χ1) is 12.1. The van der Waals surface area contributed by atoms with E-state index in [1.807, 2.05) is 12.1 Å². The zero-order valence-electron chi connectivity index (χ0n) is 13.3. The summed E-state index contributed by atoms with van der Waals surface area (Å²) in [5.41, 5.74) is 2.25. The van der Waals surface area contributed by atoms with Crippen LogP contribution in [0.25, 0.3) is 11.1 Å². The molecule has 7 heteroatoms. The Morgan fingerprint density at radius 3 is 2.80 bits per heavy atom. The zero-order valence-corrected chi connectivity index (χ0v) is 14.9. The molecule has 1 aliphatic heterocycles. The van der Waals surface area contributed by atoms with Crippen LogP contribution >= 0.6 is 15.9 Å². The fourth-order valence-electron chi connectivity index (χ4n) is 3.08. The summed E-state index contributed by atoms with van der Waals surface area (Å²) in [5.74, 6) is -0.642. The van der Waals surface area contributed by atoms with Crippen molar-refractivity contribution >= 4 is 27.0 Å². The van der Waals surface area contributed by atoms with E-state index < -0.39 is 0 Å². The van der Waals surface area contributed by atoms with Gasteiger partial charge in [0, 0.05) is 17.6 Å². The van der Waals surface area contributed by atoms with Crippen molar-refractivity contribution in [3.05, 3.63) is 68.9 Å². The number of halogens is 2. The van der Waals surface area contributed by atoms with Crippen molar-refractivity contribution in [1.29, 1.82) is 0 Å². The summed E-state index contributed by atoms with van der Waals surface area (Å²) in [6.45, 7) is 2.32. The van der Waals surface area contributed by atoms with Gasteiger partial charge in [0.05, 0.1) is 24.9 Å². The predicted molar refractivity (Wildman–Crippen MR) is 94.8 cm³/mol. The van der Waals surface area contributed by atoms with E-state index >= 15 is 0 Å². The molecule has 1 fully saturated rings. The average molecular weight is 407 g/mol. The molecule has 1 unspecified atom stereocenters. The standard InChI is InChI=1S/C18H16BrFN2O3/c19-13-3-6-15-16(9-13)25-18(23)22(15)11-21-7-8-24-17(10-21)12-1-4-14(20)5-2-12/h1-6,9,17H,7-8,10-11H2. The van der Waals surface area contributed by atoms with Gasteiger partial charge in [0.1, 0.15) is 5.82 Å². The number of oxazole rings is 1. The molecule has 0 saturated carbocycles. The number of hydrogen-bond donors (Lipinski definition) is 0. The lowest BCUT2D eigenvalue weighted by Crippen LogP contribution is -2.40. The Hall–Kier alpha value is -1.96. The van der Waals surface area contributed by atoms with Crippen molar-refractivity contribution < 1.29 is 13.5 Å². The Labute approximate surface area is 151 Å². The van der Waals surface area contributed by atoms with E-state index in [2.05, 4.69) is 20.8 Å². The normalized spacial score (nSPS) is 18.7. The molecule has 4 rings (SSSR count). The van der Waals surface area contributed by atoms with Gasteiger partial charge in [-0.05, 0) is 35.9 Å². The number of fused-ring (bicyclic) bond motifs is 1. The third kappa shape index (κ3) is 3.40. The van der Waals surface area contributed by atoms with Crippen LogP contribution < -0.4 is 5.76 Å². The van der Waals surface area contributed by atoms with Crippen LogP contribution in [0.2, 0.25) is 0 Å². The first kappa shape index (κ1) is 16.5. The lowest BCUT2D eigenvalue weighted by molar-refractivity contribution is -0.0405. The molecule has 2 aromatic carbocycles. The highest BCUT2D eigenvalue weighted by molar-refractivity contribution is 9.10. The van der Waals surface area contributed by atoms with Crippen LogP contribution in [-0.4, -0.2) is 29.2 Å². The summed E-state index contributed by atoms with van der Waals surface area (Å²) >= 11 is 3.38. The smallest absolute Gasteiger partial charge is 0.408 e. The molecule has 130 valence electrons. The maximum absolute atomic E-state index is 13.1. The van der Waals surface area contributed by atoms with Gasteiger partial charge in [-0.3, -0.25) is 9.47 Å². The Morgan fingerprint density at radius 1 is 1.20 bits per heavy atom. The first-order valence-electron chi connectivity index (χ1n) is 7.98. The van der Waals surface area contributed by atoms with Crippen LogP contribution in [0.3, 0.4) is 0 Å². The number of nitrogens with zero attached hydrogens (tertiary/aromatic N) is 2. The van der Waals surface area contributed by atoms with E-state index in [-0.39, 0.29) is 17.7 Å². The molecule has 3 aromatic rings. The third-order valence-electron chi connectivity index (χ3n) is 4.36. The summed E-state index contributed by atoms with van der Waals surface area (Å²) < 4.78 is 26.7. The van der Waals surface area contributed by atoms with Crippen molar-refractivity contribution in [3.8, 4) is 0 Å².